The summed E-state index contributed by atoms with van der Waals surface area (Å²) in [5, 5.41) is 10.4. The fourth-order valence-corrected chi connectivity index (χ4v) is 2.83. The van der Waals surface area contributed by atoms with Crippen molar-refractivity contribution in [2.45, 2.75) is 31.0 Å². The number of ether oxygens (including phenoxy) is 3. The minimum atomic E-state index is -1.07. The second-order valence-corrected chi connectivity index (χ2v) is 5.66. The summed E-state index contributed by atoms with van der Waals surface area (Å²) in [5.41, 5.74) is 5.81. The number of hydrogen-bond acceptors (Lipinski definition) is 5. The third-order valence-corrected chi connectivity index (χ3v) is 3.98. The molecule has 0 saturated heterocycles. The van der Waals surface area contributed by atoms with Gasteiger partial charge in [0.05, 0.1) is 6.04 Å². The van der Waals surface area contributed by atoms with Gasteiger partial charge in [0.1, 0.15) is 11.9 Å². The van der Waals surface area contributed by atoms with Gasteiger partial charge in [-0.15, -0.1) is 0 Å². The zero-order valence-corrected chi connectivity index (χ0v) is 12.7. The van der Waals surface area contributed by atoms with Crippen molar-refractivity contribution in [3.05, 3.63) is 28.2 Å². The van der Waals surface area contributed by atoms with Gasteiger partial charge in [0.15, 0.2) is 11.9 Å². The summed E-state index contributed by atoms with van der Waals surface area (Å²) >= 11 is 3.38. The number of aliphatic hydroxyl groups is 1. The molecule has 0 fully saturated rings. The Morgan fingerprint density at radius 2 is 2.05 bits per heavy atom. The van der Waals surface area contributed by atoms with Crippen LogP contribution >= 0.6 is 15.9 Å². The molecule has 1 heterocycles. The Bertz CT molecular complexity index is 466. The molecule has 0 aromatic heterocycles. The number of aliphatic hydroxyl groups excluding tert-OH is 1. The summed E-state index contributed by atoms with van der Waals surface area (Å²) in [7, 11) is 3.00. The number of rotatable bonds is 3. The van der Waals surface area contributed by atoms with E-state index in [1.165, 1.54) is 14.2 Å². The predicted octanol–water partition coefficient (Wildman–Crippen LogP) is 1.58. The number of nitrogens with two attached hydrogens (primary N) is 1. The molecule has 1 aliphatic heterocycles. The van der Waals surface area contributed by atoms with Gasteiger partial charge >= 0.3 is 0 Å². The second kappa shape index (κ2) is 5.38. The van der Waals surface area contributed by atoms with Crippen LogP contribution in [0.2, 0.25) is 0 Å². The molecule has 3 N–H and O–H groups in total. The summed E-state index contributed by atoms with van der Waals surface area (Å²) in [6, 6.07) is 4.95. The molecule has 0 spiro atoms. The van der Waals surface area contributed by atoms with Gasteiger partial charge in [0.2, 0.25) is 0 Å². The Morgan fingerprint density at radius 1 is 1.42 bits per heavy atom. The molecule has 0 aliphatic carbocycles. The zero-order chi connectivity index (χ0) is 14.2. The Balaban J connectivity index is 2.45. The summed E-state index contributed by atoms with van der Waals surface area (Å²) in [6.45, 7) is 1.72. The number of halogens is 1. The van der Waals surface area contributed by atoms with Gasteiger partial charge in [-0.1, -0.05) is 15.9 Å². The second-order valence-electron chi connectivity index (χ2n) is 4.74. The van der Waals surface area contributed by atoms with Gasteiger partial charge in [0, 0.05) is 24.3 Å². The van der Waals surface area contributed by atoms with Crippen molar-refractivity contribution < 1.29 is 19.3 Å². The van der Waals surface area contributed by atoms with Crippen LogP contribution in [0.1, 0.15) is 18.5 Å². The third kappa shape index (κ3) is 2.39. The fraction of sp³-hybridized carbons (Fsp3) is 0.538. The summed E-state index contributed by atoms with van der Waals surface area (Å²) in [6.07, 6.45) is -1.66. The number of methoxy groups -OCH3 is 2. The highest BCUT2D eigenvalue weighted by atomic mass is 79.9. The molecular weight excluding hydrogens is 314 g/mol. The van der Waals surface area contributed by atoms with Gasteiger partial charge < -0.3 is 25.1 Å². The van der Waals surface area contributed by atoms with E-state index < -0.39 is 24.0 Å². The highest BCUT2D eigenvalue weighted by Crippen LogP contribution is 2.41. The fourth-order valence-electron chi connectivity index (χ4n) is 2.45. The average molecular weight is 332 g/mol. The molecule has 19 heavy (non-hydrogen) atoms. The summed E-state index contributed by atoms with van der Waals surface area (Å²) < 4.78 is 17.2. The van der Waals surface area contributed by atoms with Crippen molar-refractivity contribution in [2.24, 2.45) is 5.73 Å². The van der Waals surface area contributed by atoms with Crippen molar-refractivity contribution in [2.75, 3.05) is 14.2 Å². The SMILES string of the molecule is COC(OC)C1(C)Oc2ccc(Br)cc2[C@@H](N)[C@@H]1O. The highest BCUT2D eigenvalue weighted by Gasteiger charge is 2.51. The largest absolute Gasteiger partial charge is 0.479 e. The number of hydrogen-bond donors (Lipinski definition) is 2. The molecular formula is C13H18BrNO4. The van der Waals surface area contributed by atoms with Gasteiger partial charge in [-0.25, -0.2) is 0 Å². The smallest absolute Gasteiger partial charge is 0.199 e. The zero-order valence-electron chi connectivity index (χ0n) is 11.1. The minimum Gasteiger partial charge on any atom is -0.479 e. The quantitative estimate of drug-likeness (QED) is 0.822. The van der Waals surface area contributed by atoms with Crippen molar-refractivity contribution in [3.63, 3.8) is 0 Å². The van der Waals surface area contributed by atoms with E-state index in [0.717, 1.165) is 10.0 Å². The van der Waals surface area contributed by atoms with Gasteiger partial charge in [-0.3, -0.25) is 0 Å². The average Bonchev–Trinajstić information content (AvgIpc) is 2.39. The van der Waals surface area contributed by atoms with E-state index in [4.69, 9.17) is 19.9 Å². The van der Waals surface area contributed by atoms with Gasteiger partial charge in [-0.05, 0) is 25.1 Å². The summed E-state index contributed by atoms with van der Waals surface area (Å²) in [4.78, 5) is 0. The first-order valence-electron chi connectivity index (χ1n) is 5.91. The first-order chi connectivity index (χ1) is 8.93. The highest BCUT2D eigenvalue weighted by molar-refractivity contribution is 9.10. The molecule has 0 radical (unpaired) electrons. The Labute approximate surface area is 120 Å². The lowest BCUT2D eigenvalue weighted by atomic mass is 9.85. The number of benzene rings is 1. The van der Waals surface area contributed by atoms with Crippen molar-refractivity contribution in [3.8, 4) is 5.75 Å². The Morgan fingerprint density at radius 3 is 2.63 bits per heavy atom. The molecule has 0 amide bonds. The lowest BCUT2D eigenvalue weighted by Crippen LogP contribution is -2.61. The van der Waals surface area contributed by atoms with Crippen molar-refractivity contribution in [1.29, 1.82) is 0 Å². The monoisotopic (exact) mass is 331 g/mol. The van der Waals surface area contributed by atoms with E-state index in [9.17, 15) is 5.11 Å². The van der Waals surface area contributed by atoms with Crippen molar-refractivity contribution >= 4 is 15.9 Å². The maximum Gasteiger partial charge on any atom is 0.199 e. The van der Waals surface area contributed by atoms with Crippen LogP contribution in [0.3, 0.4) is 0 Å². The van der Waals surface area contributed by atoms with Crippen LogP contribution in [-0.2, 0) is 9.47 Å². The van der Waals surface area contributed by atoms with Gasteiger partial charge in [0.25, 0.3) is 0 Å². The van der Waals surface area contributed by atoms with Crippen LogP contribution in [0.25, 0.3) is 0 Å². The topological polar surface area (TPSA) is 73.9 Å². The molecule has 1 aliphatic rings. The van der Waals surface area contributed by atoms with E-state index in [1.54, 1.807) is 6.92 Å². The molecule has 0 saturated carbocycles. The van der Waals surface area contributed by atoms with E-state index in [1.807, 2.05) is 18.2 Å². The van der Waals surface area contributed by atoms with E-state index in [-0.39, 0.29) is 0 Å². The van der Waals surface area contributed by atoms with Crippen LogP contribution in [0.15, 0.2) is 22.7 Å². The van der Waals surface area contributed by atoms with E-state index in [2.05, 4.69) is 15.9 Å². The van der Waals surface area contributed by atoms with Crippen LogP contribution in [0.5, 0.6) is 5.75 Å². The maximum atomic E-state index is 10.4. The van der Waals surface area contributed by atoms with Crippen LogP contribution in [0, 0.1) is 0 Å². The molecule has 2 rings (SSSR count). The normalized spacial score (nSPS) is 30.1. The predicted molar refractivity (Wildman–Crippen MR) is 73.9 cm³/mol. The lowest BCUT2D eigenvalue weighted by Gasteiger charge is -2.45. The first kappa shape index (κ1) is 14.7. The molecule has 1 aromatic rings. The maximum absolute atomic E-state index is 10.4. The number of fused-ring (bicyclic) bond motifs is 1. The first-order valence-corrected chi connectivity index (χ1v) is 6.71. The molecule has 1 aromatic carbocycles. The lowest BCUT2D eigenvalue weighted by molar-refractivity contribution is -0.237. The van der Waals surface area contributed by atoms with Crippen molar-refractivity contribution in [1.82, 2.24) is 0 Å². The van der Waals surface area contributed by atoms with E-state index >= 15 is 0 Å². The Hall–Kier alpha value is -0.660. The summed E-state index contributed by atoms with van der Waals surface area (Å²) in [5.74, 6) is 0.627. The van der Waals surface area contributed by atoms with Crippen LogP contribution in [-0.4, -0.2) is 37.3 Å². The minimum absolute atomic E-state index is 0.570. The van der Waals surface area contributed by atoms with Gasteiger partial charge in [-0.2, -0.15) is 0 Å². The van der Waals surface area contributed by atoms with E-state index in [0.29, 0.717) is 5.75 Å². The van der Waals surface area contributed by atoms with Crippen LogP contribution in [0.4, 0.5) is 0 Å². The molecule has 3 atom stereocenters. The molecule has 6 heteroatoms. The molecule has 0 bridgehead atoms. The Kier molecular flexibility index (Phi) is 4.17. The third-order valence-electron chi connectivity index (χ3n) is 3.48. The standard InChI is InChI=1S/C13H18BrNO4/c1-13(12(17-2)18-3)11(16)10(15)8-6-7(14)4-5-9(8)19-13/h4-6,10-12,16H,15H2,1-3H3/t10-,11+,13?/m1/s1. The molecule has 106 valence electrons. The molecule has 5 nitrogen and oxygen atoms in total. The molecule has 1 unspecified atom stereocenters. The van der Waals surface area contributed by atoms with Crippen LogP contribution < -0.4 is 10.5 Å².